The molecule has 0 spiro atoms. The van der Waals surface area contributed by atoms with Crippen molar-refractivity contribution in [2.45, 2.75) is 19.0 Å². The molecule has 1 aliphatic heterocycles. The molecule has 1 fully saturated rings. The largest absolute Gasteiger partial charge is 0.329 e. The lowest BCUT2D eigenvalue weighted by molar-refractivity contribution is 0.351. The zero-order valence-electron chi connectivity index (χ0n) is 6.43. The lowest BCUT2D eigenvalue weighted by Gasteiger charge is -2.26. The van der Waals surface area contributed by atoms with Crippen LogP contribution in [-0.4, -0.2) is 27.0 Å². The van der Waals surface area contributed by atoms with E-state index in [1.54, 1.807) is 11.8 Å². The van der Waals surface area contributed by atoms with Crippen LogP contribution in [0.3, 0.4) is 0 Å². The fourth-order valence-corrected chi connectivity index (χ4v) is 4.05. The van der Waals surface area contributed by atoms with E-state index in [-0.39, 0.29) is 0 Å². The zero-order chi connectivity index (χ0) is 8.48. The van der Waals surface area contributed by atoms with Crippen LogP contribution in [0.1, 0.15) is 13.3 Å². The van der Waals surface area contributed by atoms with Gasteiger partial charge < -0.3 is 9.79 Å². The second-order valence-electron chi connectivity index (χ2n) is 3.12. The molecular weight excluding hydrogens is 183 g/mol. The van der Waals surface area contributed by atoms with Crippen molar-refractivity contribution in [1.29, 1.82) is 0 Å². The molecule has 0 bridgehead atoms. The molecule has 0 amide bonds. The van der Waals surface area contributed by atoms with Gasteiger partial charge in [0.05, 0.1) is 5.66 Å². The van der Waals surface area contributed by atoms with Crippen molar-refractivity contribution in [2.24, 2.45) is 5.92 Å². The molecule has 1 heterocycles. The molecule has 5 heteroatoms. The minimum Gasteiger partial charge on any atom is -0.324 e. The predicted octanol–water partition coefficient (Wildman–Crippen LogP) is 1.31. The maximum absolute atomic E-state index is 10.8. The van der Waals surface area contributed by atoms with E-state index in [4.69, 9.17) is 9.79 Å². The summed E-state index contributed by atoms with van der Waals surface area (Å²) in [6, 6.07) is 0. The van der Waals surface area contributed by atoms with E-state index in [0.717, 1.165) is 5.75 Å². The molecule has 0 aromatic rings. The molecule has 0 aromatic heterocycles. The molecule has 11 heavy (non-hydrogen) atoms. The van der Waals surface area contributed by atoms with Gasteiger partial charge in [0.2, 0.25) is 0 Å². The molecule has 2 atom stereocenters. The van der Waals surface area contributed by atoms with Crippen LogP contribution in [0.2, 0.25) is 0 Å². The molecule has 0 aromatic carbocycles. The predicted molar refractivity (Wildman–Crippen MR) is 46.9 cm³/mol. The van der Waals surface area contributed by atoms with Gasteiger partial charge in [-0.2, -0.15) is 11.8 Å². The summed E-state index contributed by atoms with van der Waals surface area (Å²) in [5.74, 6) is 2.11. The van der Waals surface area contributed by atoms with Gasteiger partial charge in [0.25, 0.3) is 0 Å². The Bertz CT molecular complexity index is 179. The number of hydrogen-bond acceptors (Lipinski definition) is 2. The third-order valence-electron chi connectivity index (χ3n) is 1.86. The van der Waals surface area contributed by atoms with Gasteiger partial charge in [0, 0.05) is 5.75 Å². The molecule has 0 radical (unpaired) electrons. The van der Waals surface area contributed by atoms with Crippen LogP contribution in [0.25, 0.3) is 0 Å². The molecule has 66 valence electrons. The summed E-state index contributed by atoms with van der Waals surface area (Å²) in [4.78, 5) is 17.7. The molecule has 3 nitrogen and oxygen atoms in total. The summed E-state index contributed by atoms with van der Waals surface area (Å²) in [7, 11) is -3.80. The summed E-state index contributed by atoms with van der Waals surface area (Å²) in [5.41, 5.74) is -0.392. The van der Waals surface area contributed by atoms with Crippen molar-refractivity contribution in [3.8, 4) is 0 Å². The normalized spacial score (nSPS) is 33.7. The molecule has 1 aliphatic rings. The third-order valence-corrected chi connectivity index (χ3v) is 4.90. The minimum absolute atomic E-state index is 0.392. The Kier molecular flexibility index (Phi) is 3.03. The van der Waals surface area contributed by atoms with Gasteiger partial charge in [0.1, 0.15) is 0 Å². The quantitative estimate of drug-likeness (QED) is 0.621. The summed E-state index contributed by atoms with van der Waals surface area (Å²) >= 11 is 1.65. The third kappa shape index (κ3) is 2.79. The van der Waals surface area contributed by atoms with Gasteiger partial charge in [-0.1, -0.05) is 6.92 Å². The fraction of sp³-hybridized carbons (Fsp3) is 1.00. The fourth-order valence-electron chi connectivity index (χ4n) is 1.24. The van der Waals surface area contributed by atoms with Crippen LogP contribution in [0.4, 0.5) is 0 Å². The van der Waals surface area contributed by atoms with E-state index in [9.17, 15) is 4.57 Å². The van der Waals surface area contributed by atoms with E-state index in [0.29, 0.717) is 18.1 Å². The van der Waals surface area contributed by atoms with Crippen LogP contribution in [0, 0.1) is 5.92 Å². The monoisotopic (exact) mass is 196 g/mol. The molecule has 0 aliphatic carbocycles. The van der Waals surface area contributed by atoms with Crippen LogP contribution in [0.5, 0.6) is 0 Å². The zero-order valence-corrected chi connectivity index (χ0v) is 8.15. The first-order valence-corrected chi connectivity index (χ1v) is 6.46. The average molecular weight is 196 g/mol. The summed E-state index contributed by atoms with van der Waals surface area (Å²) in [5, 5.41) is 0. The molecule has 2 unspecified atom stereocenters. The van der Waals surface area contributed by atoms with Crippen molar-refractivity contribution in [3.05, 3.63) is 0 Å². The highest BCUT2D eigenvalue weighted by Crippen LogP contribution is 2.47. The van der Waals surface area contributed by atoms with Gasteiger partial charge >= 0.3 is 7.60 Å². The number of thioether (sulfide) groups is 1. The smallest absolute Gasteiger partial charge is 0.324 e. The van der Waals surface area contributed by atoms with E-state index in [1.807, 2.05) is 6.92 Å². The highest BCUT2D eigenvalue weighted by atomic mass is 32.2. The first-order valence-electron chi connectivity index (χ1n) is 3.63. The Morgan fingerprint density at radius 2 is 2.09 bits per heavy atom. The highest BCUT2D eigenvalue weighted by Gasteiger charge is 2.32. The van der Waals surface area contributed by atoms with E-state index in [2.05, 4.69) is 0 Å². The molecule has 2 N–H and O–H groups in total. The molecular formula is C6H13O3PS. The second kappa shape index (κ2) is 3.48. The van der Waals surface area contributed by atoms with Crippen molar-refractivity contribution >= 4 is 19.4 Å². The standard InChI is InChI=1S/C6H13O3PS/c1-5-2-6(4-11-3-5)10(7,8)9/h5-6H,2-4H2,1H3,(H2,7,8,9). The van der Waals surface area contributed by atoms with Crippen LogP contribution in [0.15, 0.2) is 0 Å². The Morgan fingerprint density at radius 1 is 1.45 bits per heavy atom. The Hall–Kier alpha value is 0.500. The van der Waals surface area contributed by atoms with Gasteiger partial charge in [-0.05, 0) is 18.1 Å². The number of rotatable bonds is 1. The van der Waals surface area contributed by atoms with Crippen molar-refractivity contribution in [1.82, 2.24) is 0 Å². The van der Waals surface area contributed by atoms with Gasteiger partial charge in [0.15, 0.2) is 0 Å². The van der Waals surface area contributed by atoms with Crippen molar-refractivity contribution in [3.63, 3.8) is 0 Å². The van der Waals surface area contributed by atoms with Crippen LogP contribution < -0.4 is 0 Å². The number of hydrogen-bond donors (Lipinski definition) is 2. The van der Waals surface area contributed by atoms with Crippen LogP contribution >= 0.6 is 19.4 Å². The van der Waals surface area contributed by atoms with Crippen molar-refractivity contribution < 1.29 is 14.4 Å². The second-order valence-corrected chi connectivity index (χ2v) is 6.10. The first-order chi connectivity index (χ1) is 5.00. The van der Waals surface area contributed by atoms with Crippen molar-refractivity contribution in [2.75, 3.05) is 11.5 Å². The minimum atomic E-state index is -3.80. The van der Waals surface area contributed by atoms with Crippen LogP contribution in [-0.2, 0) is 4.57 Å². The maximum atomic E-state index is 10.8. The lowest BCUT2D eigenvalue weighted by atomic mass is 10.1. The maximum Gasteiger partial charge on any atom is 0.329 e. The van der Waals surface area contributed by atoms with E-state index in [1.165, 1.54) is 0 Å². The van der Waals surface area contributed by atoms with E-state index < -0.39 is 13.3 Å². The lowest BCUT2D eigenvalue weighted by Crippen LogP contribution is -2.22. The molecule has 1 rings (SSSR count). The summed E-state index contributed by atoms with van der Waals surface area (Å²) < 4.78 is 10.8. The summed E-state index contributed by atoms with van der Waals surface area (Å²) in [6.45, 7) is 2.04. The van der Waals surface area contributed by atoms with Gasteiger partial charge in [-0.25, -0.2) is 0 Å². The summed E-state index contributed by atoms with van der Waals surface area (Å²) in [6.07, 6.45) is 0.678. The average Bonchev–Trinajstić information content (AvgIpc) is 1.86. The first kappa shape index (κ1) is 9.59. The Morgan fingerprint density at radius 3 is 2.45 bits per heavy atom. The Balaban J connectivity index is 2.53. The highest BCUT2D eigenvalue weighted by molar-refractivity contribution is 7.99. The topological polar surface area (TPSA) is 57.5 Å². The van der Waals surface area contributed by atoms with E-state index >= 15 is 0 Å². The van der Waals surface area contributed by atoms with Gasteiger partial charge in [-0.3, -0.25) is 4.57 Å². The SMILES string of the molecule is CC1CSCC(P(=O)(O)O)C1. The molecule has 0 saturated carbocycles. The Labute approximate surface area is 70.7 Å². The van der Waals surface area contributed by atoms with Gasteiger partial charge in [-0.15, -0.1) is 0 Å². The molecule has 1 saturated heterocycles.